The smallest absolute Gasteiger partial charge is 0.326 e. The molecule has 15 nitrogen and oxygen atoms in total. The number of rotatable bonds is 16. The van der Waals surface area contributed by atoms with E-state index in [9.17, 15) is 38.7 Å². The van der Waals surface area contributed by atoms with Crippen molar-refractivity contribution >= 4 is 41.5 Å². The van der Waals surface area contributed by atoms with Crippen molar-refractivity contribution in [3.63, 3.8) is 0 Å². The van der Waals surface area contributed by atoms with Gasteiger partial charge in [0.15, 0.2) is 0 Å². The molecule has 0 rings (SSSR count). The lowest BCUT2D eigenvalue weighted by atomic mass is 10.0. The standard InChI is InChI=1S/C19H31N5O10/c1-8(2)5-12(19(33)34)24-17(31)10(3-4-13(21)25)22-18(32)11(7-15(28)29)23-16(30)9(20)6-14(26)27/h8-12H,3-7,20H2,1-2H3,(H2,21,25)(H,22,32)(H,23,30)(H,24,31)(H,26,27)(H,28,29)(H,33,34). The molecule has 0 radical (unpaired) electrons. The second kappa shape index (κ2) is 14.4. The molecule has 0 fully saturated rings. The molecule has 0 bridgehead atoms. The highest BCUT2D eigenvalue weighted by Gasteiger charge is 2.32. The zero-order chi connectivity index (χ0) is 26.6. The predicted octanol–water partition coefficient (Wildman–Crippen LogP) is -2.89. The van der Waals surface area contributed by atoms with Crippen molar-refractivity contribution in [3.8, 4) is 0 Å². The zero-order valence-electron chi connectivity index (χ0n) is 18.8. The van der Waals surface area contributed by atoms with Crippen LogP contribution in [-0.2, 0) is 33.6 Å². The molecule has 0 saturated carbocycles. The summed E-state index contributed by atoms with van der Waals surface area (Å²) in [5.74, 6) is -8.41. The van der Waals surface area contributed by atoms with Gasteiger partial charge in [0.25, 0.3) is 0 Å². The molecule has 0 aliphatic heterocycles. The summed E-state index contributed by atoms with van der Waals surface area (Å²) in [4.78, 5) is 81.8. The molecular formula is C19H31N5O10. The van der Waals surface area contributed by atoms with Crippen LogP contribution < -0.4 is 27.4 Å². The Morgan fingerprint density at radius 3 is 1.65 bits per heavy atom. The number of carbonyl (C=O) groups is 7. The van der Waals surface area contributed by atoms with Crippen LogP contribution in [0.3, 0.4) is 0 Å². The maximum atomic E-state index is 12.7. The Kier molecular flexibility index (Phi) is 12.8. The first-order valence-electron chi connectivity index (χ1n) is 10.2. The van der Waals surface area contributed by atoms with Gasteiger partial charge in [-0.3, -0.25) is 28.8 Å². The first kappa shape index (κ1) is 30.2. The molecule has 0 aromatic rings. The van der Waals surface area contributed by atoms with E-state index in [0.717, 1.165) is 0 Å². The van der Waals surface area contributed by atoms with Crippen LogP contribution in [0.25, 0.3) is 0 Å². The van der Waals surface area contributed by atoms with Gasteiger partial charge < -0.3 is 42.7 Å². The van der Waals surface area contributed by atoms with Gasteiger partial charge in [-0.2, -0.15) is 0 Å². The van der Waals surface area contributed by atoms with E-state index in [4.69, 9.17) is 21.7 Å². The number of carboxylic acid groups (broad SMARTS) is 3. The van der Waals surface area contributed by atoms with Crippen molar-refractivity contribution in [1.29, 1.82) is 0 Å². The largest absolute Gasteiger partial charge is 0.481 e. The molecule has 0 aromatic heterocycles. The number of hydrogen-bond donors (Lipinski definition) is 8. The van der Waals surface area contributed by atoms with Crippen molar-refractivity contribution in [3.05, 3.63) is 0 Å². The highest BCUT2D eigenvalue weighted by molar-refractivity contribution is 5.96. The van der Waals surface area contributed by atoms with Crippen LogP contribution in [0.4, 0.5) is 0 Å². The fourth-order valence-electron chi connectivity index (χ4n) is 2.74. The second-order valence-corrected chi connectivity index (χ2v) is 7.96. The Hall–Kier alpha value is -3.75. The minimum atomic E-state index is -1.75. The molecule has 0 saturated heterocycles. The summed E-state index contributed by atoms with van der Waals surface area (Å²) < 4.78 is 0. The summed E-state index contributed by atoms with van der Waals surface area (Å²) in [7, 11) is 0. The lowest BCUT2D eigenvalue weighted by molar-refractivity contribution is -0.144. The summed E-state index contributed by atoms with van der Waals surface area (Å²) in [6.45, 7) is 3.45. The molecule has 15 heteroatoms. The Morgan fingerprint density at radius 1 is 0.735 bits per heavy atom. The first-order valence-corrected chi connectivity index (χ1v) is 10.2. The molecule has 0 aliphatic rings. The van der Waals surface area contributed by atoms with Crippen molar-refractivity contribution in [2.24, 2.45) is 17.4 Å². The zero-order valence-corrected chi connectivity index (χ0v) is 18.8. The van der Waals surface area contributed by atoms with Gasteiger partial charge in [-0.25, -0.2) is 4.79 Å². The second-order valence-electron chi connectivity index (χ2n) is 7.96. The number of carboxylic acids is 3. The van der Waals surface area contributed by atoms with E-state index in [-0.39, 0.29) is 25.2 Å². The minimum absolute atomic E-state index is 0.0662. The van der Waals surface area contributed by atoms with Gasteiger partial charge >= 0.3 is 17.9 Å². The molecule has 4 atom stereocenters. The molecule has 0 heterocycles. The average molecular weight is 489 g/mol. The van der Waals surface area contributed by atoms with E-state index in [2.05, 4.69) is 10.6 Å². The lowest BCUT2D eigenvalue weighted by Crippen LogP contribution is -2.57. The number of nitrogens with one attached hydrogen (secondary N) is 3. The van der Waals surface area contributed by atoms with Crippen molar-refractivity contribution in [2.75, 3.05) is 0 Å². The molecular weight excluding hydrogens is 458 g/mol. The van der Waals surface area contributed by atoms with Gasteiger partial charge in [0.05, 0.1) is 18.9 Å². The number of hydrogen-bond acceptors (Lipinski definition) is 8. The average Bonchev–Trinajstić information content (AvgIpc) is 2.68. The monoisotopic (exact) mass is 489 g/mol. The molecule has 10 N–H and O–H groups in total. The van der Waals surface area contributed by atoms with E-state index >= 15 is 0 Å². The van der Waals surface area contributed by atoms with E-state index in [1.165, 1.54) is 0 Å². The molecule has 4 amide bonds. The van der Waals surface area contributed by atoms with Crippen molar-refractivity contribution < 1.29 is 48.9 Å². The SMILES string of the molecule is CC(C)CC(NC(=O)C(CCC(N)=O)NC(=O)C(CC(=O)O)NC(=O)C(N)CC(=O)O)C(=O)O. The van der Waals surface area contributed by atoms with Crippen LogP contribution in [0.5, 0.6) is 0 Å². The van der Waals surface area contributed by atoms with Crippen LogP contribution in [0.15, 0.2) is 0 Å². The Bertz CT molecular complexity index is 800. The molecule has 4 unspecified atom stereocenters. The Balaban J connectivity index is 5.61. The molecule has 34 heavy (non-hydrogen) atoms. The topological polar surface area (TPSA) is 268 Å². The van der Waals surface area contributed by atoms with Gasteiger partial charge in [-0.1, -0.05) is 13.8 Å². The summed E-state index contributed by atoms with van der Waals surface area (Å²) in [5, 5.41) is 33.5. The number of nitrogens with two attached hydrogens (primary N) is 2. The highest BCUT2D eigenvalue weighted by atomic mass is 16.4. The highest BCUT2D eigenvalue weighted by Crippen LogP contribution is 2.07. The quantitative estimate of drug-likeness (QED) is 0.109. The third-order valence-corrected chi connectivity index (χ3v) is 4.38. The molecule has 0 aliphatic carbocycles. The van der Waals surface area contributed by atoms with E-state index < -0.39 is 78.5 Å². The fraction of sp³-hybridized carbons (Fsp3) is 0.632. The summed E-state index contributed by atoms with van der Waals surface area (Å²) in [5.41, 5.74) is 10.5. The predicted molar refractivity (Wildman–Crippen MR) is 114 cm³/mol. The van der Waals surface area contributed by atoms with Gasteiger partial charge in [-0.15, -0.1) is 0 Å². The molecule has 192 valence electrons. The van der Waals surface area contributed by atoms with Gasteiger partial charge in [0.1, 0.15) is 18.1 Å². The number of primary amides is 1. The summed E-state index contributed by atoms with van der Waals surface area (Å²) in [6.07, 6.45) is -2.38. The van der Waals surface area contributed by atoms with Crippen LogP contribution in [0.2, 0.25) is 0 Å². The Morgan fingerprint density at radius 2 is 1.21 bits per heavy atom. The van der Waals surface area contributed by atoms with Gasteiger partial charge in [0, 0.05) is 6.42 Å². The summed E-state index contributed by atoms with van der Waals surface area (Å²) >= 11 is 0. The van der Waals surface area contributed by atoms with E-state index in [1.807, 2.05) is 5.32 Å². The van der Waals surface area contributed by atoms with E-state index in [0.29, 0.717) is 0 Å². The van der Waals surface area contributed by atoms with Crippen LogP contribution in [0.1, 0.15) is 46.0 Å². The van der Waals surface area contributed by atoms with Gasteiger partial charge in [-0.05, 0) is 18.8 Å². The third-order valence-electron chi connectivity index (χ3n) is 4.38. The number of amides is 4. The summed E-state index contributed by atoms with van der Waals surface area (Å²) in [6, 6.07) is -6.12. The van der Waals surface area contributed by atoms with Crippen LogP contribution in [0, 0.1) is 5.92 Å². The van der Waals surface area contributed by atoms with Crippen LogP contribution >= 0.6 is 0 Å². The number of aliphatic carboxylic acids is 3. The normalized spacial score (nSPS) is 14.2. The fourth-order valence-corrected chi connectivity index (χ4v) is 2.74. The Labute approximate surface area is 194 Å². The maximum absolute atomic E-state index is 12.7. The number of carbonyl (C=O) groups excluding carboxylic acids is 4. The molecule has 0 aromatic carbocycles. The van der Waals surface area contributed by atoms with Crippen molar-refractivity contribution in [1.82, 2.24) is 16.0 Å². The molecule has 0 spiro atoms. The lowest BCUT2D eigenvalue weighted by Gasteiger charge is -2.24. The van der Waals surface area contributed by atoms with Gasteiger partial charge in [0.2, 0.25) is 23.6 Å². The maximum Gasteiger partial charge on any atom is 0.326 e. The minimum Gasteiger partial charge on any atom is -0.481 e. The van der Waals surface area contributed by atoms with Crippen LogP contribution in [-0.4, -0.2) is 81.0 Å². The third kappa shape index (κ3) is 12.3. The first-order chi connectivity index (χ1) is 15.6. The van der Waals surface area contributed by atoms with Crippen molar-refractivity contribution in [2.45, 2.75) is 70.1 Å². The van der Waals surface area contributed by atoms with E-state index in [1.54, 1.807) is 13.8 Å².